The average molecular weight is 247 g/mol. The number of benzene rings is 1. The molecule has 2 atom stereocenters. The first-order valence-electron chi connectivity index (χ1n) is 6.20. The van der Waals surface area contributed by atoms with Gasteiger partial charge in [-0.3, -0.25) is 4.79 Å². The maximum Gasteiger partial charge on any atom is 0.329 e. The highest BCUT2D eigenvalue weighted by Crippen LogP contribution is 2.21. The smallest absolute Gasteiger partial charge is 0.329 e. The molecule has 0 aliphatic carbocycles. The van der Waals surface area contributed by atoms with Gasteiger partial charge in [-0.05, 0) is 11.5 Å². The molecular formula is C14H17NO3. The lowest BCUT2D eigenvalue weighted by Gasteiger charge is -2.15. The fourth-order valence-electron chi connectivity index (χ4n) is 2.16. The van der Waals surface area contributed by atoms with Crippen LogP contribution in [0.15, 0.2) is 30.3 Å². The number of ether oxygens (including phenoxy) is 1. The normalized spacial score (nSPS) is 22.6. The molecule has 1 heterocycles. The molecule has 1 aromatic rings. The van der Waals surface area contributed by atoms with Gasteiger partial charge in [-0.15, -0.1) is 0 Å². The van der Waals surface area contributed by atoms with E-state index in [1.807, 2.05) is 37.3 Å². The minimum Gasteiger partial charge on any atom is -0.459 e. The fourth-order valence-corrected chi connectivity index (χ4v) is 2.16. The van der Waals surface area contributed by atoms with Crippen molar-refractivity contribution in [2.24, 2.45) is 5.92 Å². The predicted octanol–water partition coefficient (Wildman–Crippen LogP) is 1.64. The van der Waals surface area contributed by atoms with Crippen LogP contribution in [0.3, 0.4) is 0 Å². The lowest BCUT2D eigenvalue weighted by atomic mass is 9.98. The zero-order valence-electron chi connectivity index (χ0n) is 10.4. The van der Waals surface area contributed by atoms with Crippen molar-refractivity contribution in [3.8, 4) is 0 Å². The van der Waals surface area contributed by atoms with Gasteiger partial charge in [0.05, 0.1) is 0 Å². The molecule has 1 aliphatic rings. The maximum absolute atomic E-state index is 11.9. The van der Waals surface area contributed by atoms with E-state index in [9.17, 15) is 9.59 Å². The largest absolute Gasteiger partial charge is 0.459 e. The highest BCUT2D eigenvalue weighted by molar-refractivity contribution is 5.88. The van der Waals surface area contributed by atoms with Crippen LogP contribution in [0.2, 0.25) is 0 Å². The standard InChI is InChI=1S/C14H17NO3/c1-2-11-8-12(16)15-13(11)14(17)18-9-10-6-4-3-5-7-10/h3-7,11,13H,2,8-9H2,1H3,(H,15,16). The van der Waals surface area contributed by atoms with Gasteiger partial charge in [0.15, 0.2) is 0 Å². The Morgan fingerprint density at radius 1 is 1.39 bits per heavy atom. The molecule has 1 amide bonds. The average Bonchev–Trinajstić information content (AvgIpc) is 2.78. The third-order valence-corrected chi connectivity index (χ3v) is 3.24. The Kier molecular flexibility index (Phi) is 3.97. The molecule has 2 rings (SSSR count). The topological polar surface area (TPSA) is 55.4 Å². The third-order valence-electron chi connectivity index (χ3n) is 3.24. The van der Waals surface area contributed by atoms with Crippen LogP contribution in [0.25, 0.3) is 0 Å². The summed E-state index contributed by atoms with van der Waals surface area (Å²) in [6.07, 6.45) is 1.21. The molecule has 2 unspecified atom stereocenters. The number of nitrogens with one attached hydrogen (secondary N) is 1. The molecule has 4 heteroatoms. The monoisotopic (exact) mass is 247 g/mol. The van der Waals surface area contributed by atoms with Crippen molar-refractivity contribution in [1.29, 1.82) is 0 Å². The van der Waals surface area contributed by atoms with Crippen LogP contribution in [0.4, 0.5) is 0 Å². The van der Waals surface area contributed by atoms with Gasteiger partial charge in [0.1, 0.15) is 12.6 Å². The highest BCUT2D eigenvalue weighted by Gasteiger charge is 2.37. The summed E-state index contributed by atoms with van der Waals surface area (Å²) < 4.78 is 5.24. The minimum absolute atomic E-state index is 0.0563. The summed E-state index contributed by atoms with van der Waals surface area (Å²) in [6, 6.07) is 9.03. The van der Waals surface area contributed by atoms with Crippen molar-refractivity contribution in [1.82, 2.24) is 5.32 Å². The predicted molar refractivity (Wildman–Crippen MR) is 66.6 cm³/mol. The molecule has 1 aromatic carbocycles. The van der Waals surface area contributed by atoms with Gasteiger partial charge in [-0.2, -0.15) is 0 Å². The minimum atomic E-state index is -0.480. The van der Waals surface area contributed by atoms with E-state index < -0.39 is 6.04 Å². The Morgan fingerprint density at radius 2 is 2.11 bits per heavy atom. The molecule has 0 spiro atoms. The third kappa shape index (κ3) is 2.88. The van der Waals surface area contributed by atoms with Crippen molar-refractivity contribution in [2.75, 3.05) is 0 Å². The van der Waals surface area contributed by atoms with Gasteiger partial charge in [0, 0.05) is 6.42 Å². The number of rotatable bonds is 4. The number of carbonyl (C=O) groups excluding carboxylic acids is 2. The Bertz CT molecular complexity index is 430. The molecule has 18 heavy (non-hydrogen) atoms. The molecule has 0 radical (unpaired) electrons. The Hall–Kier alpha value is -1.84. The van der Waals surface area contributed by atoms with Crippen molar-refractivity contribution >= 4 is 11.9 Å². The van der Waals surface area contributed by atoms with E-state index in [2.05, 4.69) is 5.32 Å². The van der Waals surface area contributed by atoms with Gasteiger partial charge >= 0.3 is 5.97 Å². The van der Waals surface area contributed by atoms with Crippen molar-refractivity contribution in [3.05, 3.63) is 35.9 Å². The van der Waals surface area contributed by atoms with Gasteiger partial charge in [-0.1, -0.05) is 43.7 Å². The Morgan fingerprint density at radius 3 is 2.78 bits per heavy atom. The van der Waals surface area contributed by atoms with Crippen LogP contribution in [-0.2, 0) is 20.9 Å². The first-order valence-corrected chi connectivity index (χ1v) is 6.20. The second kappa shape index (κ2) is 5.67. The lowest BCUT2D eigenvalue weighted by molar-refractivity contribution is -0.148. The van der Waals surface area contributed by atoms with E-state index >= 15 is 0 Å². The Labute approximate surface area is 106 Å². The van der Waals surface area contributed by atoms with E-state index in [1.54, 1.807) is 0 Å². The van der Waals surface area contributed by atoms with E-state index in [0.29, 0.717) is 6.42 Å². The van der Waals surface area contributed by atoms with Crippen LogP contribution in [0.1, 0.15) is 25.3 Å². The van der Waals surface area contributed by atoms with Gasteiger partial charge in [0.25, 0.3) is 0 Å². The van der Waals surface area contributed by atoms with Gasteiger partial charge in [0.2, 0.25) is 5.91 Å². The second-order valence-electron chi connectivity index (χ2n) is 4.51. The fraction of sp³-hybridized carbons (Fsp3) is 0.429. The van der Waals surface area contributed by atoms with Crippen LogP contribution in [0, 0.1) is 5.92 Å². The van der Waals surface area contributed by atoms with Crippen molar-refractivity contribution in [2.45, 2.75) is 32.4 Å². The summed E-state index contributed by atoms with van der Waals surface area (Å²) in [5.41, 5.74) is 0.947. The zero-order chi connectivity index (χ0) is 13.0. The zero-order valence-corrected chi connectivity index (χ0v) is 10.4. The molecular weight excluding hydrogens is 230 g/mol. The molecule has 96 valence electrons. The first-order chi connectivity index (χ1) is 8.70. The van der Waals surface area contributed by atoms with Crippen molar-refractivity contribution < 1.29 is 14.3 Å². The summed E-state index contributed by atoms with van der Waals surface area (Å²) in [6.45, 7) is 2.23. The van der Waals surface area contributed by atoms with Gasteiger partial charge < -0.3 is 10.1 Å². The molecule has 1 saturated heterocycles. The second-order valence-corrected chi connectivity index (χ2v) is 4.51. The molecule has 0 saturated carbocycles. The molecule has 1 N–H and O–H groups in total. The summed E-state index contributed by atoms with van der Waals surface area (Å²) in [5, 5.41) is 2.68. The van der Waals surface area contributed by atoms with Crippen LogP contribution in [-0.4, -0.2) is 17.9 Å². The molecule has 1 aliphatic heterocycles. The van der Waals surface area contributed by atoms with E-state index in [1.165, 1.54) is 0 Å². The molecule has 0 bridgehead atoms. The summed E-state index contributed by atoms with van der Waals surface area (Å²) >= 11 is 0. The van der Waals surface area contributed by atoms with E-state index in [0.717, 1.165) is 12.0 Å². The number of carbonyl (C=O) groups is 2. The first kappa shape index (κ1) is 12.6. The highest BCUT2D eigenvalue weighted by atomic mass is 16.5. The number of hydrogen-bond acceptors (Lipinski definition) is 3. The van der Waals surface area contributed by atoms with Crippen LogP contribution < -0.4 is 5.32 Å². The lowest BCUT2D eigenvalue weighted by Crippen LogP contribution is -2.38. The quantitative estimate of drug-likeness (QED) is 0.823. The molecule has 1 fully saturated rings. The summed E-state index contributed by atoms with van der Waals surface area (Å²) in [4.78, 5) is 23.2. The van der Waals surface area contributed by atoms with Gasteiger partial charge in [-0.25, -0.2) is 4.79 Å². The number of amides is 1. The number of esters is 1. The van der Waals surface area contributed by atoms with Crippen molar-refractivity contribution in [3.63, 3.8) is 0 Å². The molecule has 4 nitrogen and oxygen atoms in total. The summed E-state index contributed by atoms with van der Waals surface area (Å²) in [5.74, 6) is -0.346. The van der Waals surface area contributed by atoms with E-state index in [4.69, 9.17) is 4.74 Å². The maximum atomic E-state index is 11.9. The Balaban J connectivity index is 1.90. The summed E-state index contributed by atoms with van der Waals surface area (Å²) in [7, 11) is 0. The number of hydrogen-bond donors (Lipinski definition) is 1. The van der Waals surface area contributed by atoms with E-state index in [-0.39, 0.29) is 24.4 Å². The molecule has 0 aromatic heterocycles. The van der Waals surface area contributed by atoms with Crippen LogP contribution >= 0.6 is 0 Å². The van der Waals surface area contributed by atoms with Crippen LogP contribution in [0.5, 0.6) is 0 Å². The SMILES string of the molecule is CCC1CC(=O)NC1C(=O)OCc1ccccc1.